The highest BCUT2D eigenvalue weighted by atomic mass is 79.9. The maximum atomic E-state index is 11.8. The zero-order valence-corrected chi connectivity index (χ0v) is 12.0. The molecule has 0 saturated heterocycles. The number of amides is 1. The van der Waals surface area contributed by atoms with Gasteiger partial charge in [0.15, 0.2) is 0 Å². The van der Waals surface area contributed by atoms with Crippen molar-refractivity contribution in [3.05, 3.63) is 27.7 Å². The summed E-state index contributed by atoms with van der Waals surface area (Å²) >= 11 is 9.18. The molecule has 0 aliphatic rings. The van der Waals surface area contributed by atoms with Gasteiger partial charge < -0.3 is 11.1 Å². The SMILES string of the molecule is CCC(CN)CC(=O)Nc1ccc(Cl)cc1Br. The minimum Gasteiger partial charge on any atom is -0.330 e. The normalized spacial score (nSPS) is 12.2. The van der Waals surface area contributed by atoms with E-state index >= 15 is 0 Å². The number of rotatable bonds is 5. The lowest BCUT2D eigenvalue weighted by Gasteiger charge is -2.12. The first-order valence-electron chi connectivity index (χ1n) is 5.51. The lowest BCUT2D eigenvalue weighted by Crippen LogP contribution is -2.21. The fraction of sp³-hybridized carbons (Fsp3) is 0.417. The first-order chi connectivity index (χ1) is 8.06. The van der Waals surface area contributed by atoms with Crippen LogP contribution >= 0.6 is 27.5 Å². The van der Waals surface area contributed by atoms with Crippen LogP contribution in [0.4, 0.5) is 5.69 Å². The van der Waals surface area contributed by atoms with E-state index in [0.717, 1.165) is 16.6 Å². The number of nitrogens with two attached hydrogens (primary N) is 1. The average molecular weight is 320 g/mol. The van der Waals surface area contributed by atoms with Crippen molar-refractivity contribution in [3.63, 3.8) is 0 Å². The first-order valence-corrected chi connectivity index (χ1v) is 6.68. The van der Waals surface area contributed by atoms with Gasteiger partial charge in [-0.15, -0.1) is 0 Å². The second-order valence-electron chi connectivity index (χ2n) is 3.89. The Hall–Kier alpha value is -0.580. The lowest BCUT2D eigenvalue weighted by molar-refractivity contribution is -0.117. The predicted octanol–water partition coefficient (Wildman–Crippen LogP) is 3.42. The van der Waals surface area contributed by atoms with Crippen molar-refractivity contribution in [2.24, 2.45) is 11.7 Å². The maximum absolute atomic E-state index is 11.8. The van der Waals surface area contributed by atoms with E-state index in [1.807, 2.05) is 6.92 Å². The van der Waals surface area contributed by atoms with Gasteiger partial charge in [0.05, 0.1) is 5.69 Å². The summed E-state index contributed by atoms with van der Waals surface area (Å²) in [4.78, 5) is 11.8. The zero-order chi connectivity index (χ0) is 12.8. The molecule has 1 atom stereocenters. The second-order valence-corrected chi connectivity index (χ2v) is 5.18. The molecule has 0 aliphatic heterocycles. The van der Waals surface area contributed by atoms with Crippen LogP contribution in [-0.2, 0) is 4.79 Å². The van der Waals surface area contributed by atoms with Gasteiger partial charge in [0.1, 0.15) is 0 Å². The van der Waals surface area contributed by atoms with E-state index in [4.69, 9.17) is 17.3 Å². The van der Waals surface area contributed by atoms with Gasteiger partial charge in [-0.25, -0.2) is 0 Å². The van der Waals surface area contributed by atoms with Crippen LogP contribution in [0.3, 0.4) is 0 Å². The number of carbonyl (C=O) groups is 1. The van der Waals surface area contributed by atoms with Gasteiger partial charge in [-0.2, -0.15) is 0 Å². The summed E-state index contributed by atoms with van der Waals surface area (Å²) in [6.45, 7) is 2.56. The zero-order valence-electron chi connectivity index (χ0n) is 9.67. The molecule has 1 amide bonds. The second kappa shape index (κ2) is 6.99. The molecule has 0 spiro atoms. The predicted molar refractivity (Wildman–Crippen MR) is 75.2 cm³/mol. The van der Waals surface area contributed by atoms with E-state index in [-0.39, 0.29) is 11.8 Å². The van der Waals surface area contributed by atoms with Crippen LogP contribution in [0.1, 0.15) is 19.8 Å². The molecular weight excluding hydrogens is 304 g/mol. The van der Waals surface area contributed by atoms with E-state index in [2.05, 4.69) is 21.2 Å². The average Bonchev–Trinajstić information content (AvgIpc) is 2.29. The minimum absolute atomic E-state index is 0.0228. The van der Waals surface area contributed by atoms with Crippen molar-refractivity contribution < 1.29 is 4.79 Å². The van der Waals surface area contributed by atoms with Gasteiger partial charge in [-0.05, 0) is 46.6 Å². The quantitative estimate of drug-likeness (QED) is 0.873. The van der Waals surface area contributed by atoms with E-state index in [0.29, 0.717) is 18.0 Å². The Bertz CT molecular complexity index is 394. The van der Waals surface area contributed by atoms with Crippen molar-refractivity contribution in [2.45, 2.75) is 19.8 Å². The van der Waals surface area contributed by atoms with Crippen molar-refractivity contribution in [1.29, 1.82) is 0 Å². The van der Waals surface area contributed by atoms with E-state index < -0.39 is 0 Å². The molecule has 0 heterocycles. The smallest absolute Gasteiger partial charge is 0.224 e. The number of anilines is 1. The first kappa shape index (κ1) is 14.5. The standard InChI is InChI=1S/C12H16BrClN2O/c1-2-8(7-15)5-12(17)16-11-4-3-9(14)6-10(11)13/h3-4,6,8H,2,5,7,15H2,1H3,(H,16,17). The van der Waals surface area contributed by atoms with Crippen molar-refractivity contribution in [3.8, 4) is 0 Å². The monoisotopic (exact) mass is 318 g/mol. The highest BCUT2D eigenvalue weighted by molar-refractivity contribution is 9.10. The Morgan fingerprint density at radius 3 is 2.82 bits per heavy atom. The van der Waals surface area contributed by atoms with Crippen LogP contribution in [0.25, 0.3) is 0 Å². The maximum Gasteiger partial charge on any atom is 0.224 e. The van der Waals surface area contributed by atoms with Crippen LogP contribution < -0.4 is 11.1 Å². The third-order valence-corrected chi connectivity index (χ3v) is 3.48. The molecule has 0 saturated carbocycles. The van der Waals surface area contributed by atoms with Gasteiger partial charge in [0.25, 0.3) is 0 Å². The van der Waals surface area contributed by atoms with Crippen LogP contribution in [-0.4, -0.2) is 12.5 Å². The van der Waals surface area contributed by atoms with Crippen molar-refractivity contribution in [2.75, 3.05) is 11.9 Å². The Kier molecular flexibility index (Phi) is 5.95. The summed E-state index contributed by atoms with van der Waals surface area (Å²) < 4.78 is 0.777. The molecule has 1 unspecified atom stereocenters. The number of halogens is 2. The number of hydrogen-bond acceptors (Lipinski definition) is 2. The van der Waals surface area contributed by atoms with Crippen LogP contribution in [0.5, 0.6) is 0 Å². The molecule has 3 N–H and O–H groups in total. The molecule has 94 valence electrons. The molecule has 0 bridgehead atoms. The molecule has 3 nitrogen and oxygen atoms in total. The molecule has 1 aromatic carbocycles. The third kappa shape index (κ3) is 4.66. The molecule has 0 aliphatic carbocycles. The van der Waals surface area contributed by atoms with Gasteiger partial charge >= 0.3 is 0 Å². The topological polar surface area (TPSA) is 55.1 Å². The van der Waals surface area contributed by atoms with Gasteiger partial charge in [0.2, 0.25) is 5.91 Å². The molecule has 0 fully saturated rings. The Morgan fingerprint density at radius 1 is 1.59 bits per heavy atom. The largest absolute Gasteiger partial charge is 0.330 e. The molecule has 0 radical (unpaired) electrons. The number of benzene rings is 1. The Labute approximate surface area is 115 Å². The van der Waals surface area contributed by atoms with E-state index in [1.54, 1.807) is 18.2 Å². The summed E-state index contributed by atoms with van der Waals surface area (Å²) in [6.07, 6.45) is 1.35. The summed E-state index contributed by atoms with van der Waals surface area (Å²) in [5, 5.41) is 3.46. The Morgan fingerprint density at radius 2 is 2.29 bits per heavy atom. The summed E-state index contributed by atoms with van der Waals surface area (Å²) in [5.74, 6) is 0.214. The van der Waals surface area contributed by atoms with E-state index in [1.165, 1.54) is 0 Å². The van der Waals surface area contributed by atoms with E-state index in [9.17, 15) is 4.79 Å². The third-order valence-electron chi connectivity index (χ3n) is 2.59. The van der Waals surface area contributed by atoms with Gasteiger partial charge in [-0.3, -0.25) is 4.79 Å². The van der Waals surface area contributed by atoms with Crippen LogP contribution in [0, 0.1) is 5.92 Å². The summed E-state index contributed by atoms with van der Waals surface area (Å²) in [5.41, 5.74) is 6.30. The Balaban J connectivity index is 2.62. The fourth-order valence-corrected chi connectivity index (χ4v) is 2.23. The molecule has 1 rings (SSSR count). The minimum atomic E-state index is -0.0228. The highest BCUT2D eigenvalue weighted by Crippen LogP contribution is 2.26. The van der Waals surface area contributed by atoms with Crippen molar-refractivity contribution in [1.82, 2.24) is 0 Å². The lowest BCUT2D eigenvalue weighted by atomic mass is 10.0. The molecule has 17 heavy (non-hydrogen) atoms. The molecule has 1 aromatic rings. The van der Waals surface area contributed by atoms with Crippen LogP contribution in [0.2, 0.25) is 5.02 Å². The number of carbonyl (C=O) groups excluding carboxylic acids is 1. The van der Waals surface area contributed by atoms with Crippen molar-refractivity contribution >= 4 is 39.1 Å². The van der Waals surface area contributed by atoms with Gasteiger partial charge in [-0.1, -0.05) is 24.9 Å². The molecular formula is C12H16BrClN2O. The van der Waals surface area contributed by atoms with Crippen LogP contribution in [0.15, 0.2) is 22.7 Å². The molecule has 5 heteroatoms. The fourth-order valence-electron chi connectivity index (χ4n) is 1.45. The van der Waals surface area contributed by atoms with Gasteiger partial charge in [0, 0.05) is 15.9 Å². The number of hydrogen-bond donors (Lipinski definition) is 2. The number of nitrogens with one attached hydrogen (secondary N) is 1. The summed E-state index contributed by atoms with van der Waals surface area (Å²) in [7, 11) is 0. The summed E-state index contributed by atoms with van der Waals surface area (Å²) in [6, 6.07) is 5.26. The molecule has 0 aromatic heterocycles. The highest BCUT2D eigenvalue weighted by Gasteiger charge is 2.11.